The Balaban J connectivity index is 2.01. The number of ether oxygens (including phenoxy) is 1. The van der Waals surface area contributed by atoms with Crippen LogP contribution in [0.1, 0.15) is 57.6 Å². The van der Waals surface area contributed by atoms with Crippen LogP contribution in [0, 0.1) is 11.8 Å². The van der Waals surface area contributed by atoms with E-state index in [9.17, 15) is 5.11 Å². The van der Waals surface area contributed by atoms with Gasteiger partial charge >= 0.3 is 0 Å². The van der Waals surface area contributed by atoms with Crippen molar-refractivity contribution >= 4 is 8.32 Å². The van der Waals surface area contributed by atoms with Crippen molar-refractivity contribution in [2.45, 2.75) is 76.4 Å². The number of hydrogen-bond donors (Lipinski definition) is 1. The molecule has 3 nitrogen and oxygen atoms in total. The summed E-state index contributed by atoms with van der Waals surface area (Å²) in [6.07, 6.45) is 5.71. The molecule has 0 spiro atoms. The van der Waals surface area contributed by atoms with Gasteiger partial charge in [0.25, 0.3) is 0 Å². The van der Waals surface area contributed by atoms with E-state index in [1.807, 2.05) is 0 Å². The number of fused-ring (bicyclic) bond motifs is 3. The van der Waals surface area contributed by atoms with Crippen LogP contribution < -0.4 is 4.74 Å². The Bertz CT molecular complexity index is 664. The maximum atomic E-state index is 10.1. The number of aryl methyl sites for hydroxylation is 1. The first kappa shape index (κ1) is 20.9. The lowest BCUT2D eigenvalue weighted by atomic mass is 9.54. The molecule has 3 atom stereocenters. The van der Waals surface area contributed by atoms with Crippen LogP contribution in [0.2, 0.25) is 18.1 Å². The average molecular weight is 391 g/mol. The fraction of sp³-hybridized carbons (Fsp3) is 0.739. The van der Waals surface area contributed by atoms with Crippen LogP contribution in [0.3, 0.4) is 0 Å². The predicted molar refractivity (Wildman–Crippen MR) is 114 cm³/mol. The van der Waals surface area contributed by atoms with Gasteiger partial charge in [-0.3, -0.25) is 0 Å². The summed E-state index contributed by atoms with van der Waals surface area (Å²) >= 11 is 0. The summed E-state index contributed by atoms with van der Waals surface area (Å²) in [4.78, 5) is 0. The molecule has 27 heavy (non-hydrogen) atoms. The molecule has 0 heterocycles. The zero-order chi connectivity index (χ0) is 19.9. The van der Waals surface area contributed by atoms with Crippen molar-refractivity contribution in [1.82, 2.24) is 0 Å². The Hall–Kier alpha value is -0.843. The van der Waals surface area contributed by atoms with E-state index in [-0.39, 0.29) is 10.5 Å². The molecule has 0 bridgehead atoms. The molecule has 1 aromatic rings. The number of aliphatic hydroxyl groups is 1. The monoisotopic (exact) mass is 390 g/mol. The third-order valence-electron chi connectivity index (χ3n) is 7.78. The molecule has 3 rings (SSSR count). The summed E-state index contributed by atoms with van der Waals surface area (Å²) in [7, 11) is -0.0867. The smallest absolute Gasteiger partial charge is 0.192 e. The number of hydrogen-bond acceptors (Lipinski definition) is 3. The highest BCUT2D eigenvalue weighted by Gasteiger charge is 2.51. The zero-order valence-electron chi connectivity index (χ0n) is 18.1. The molecule has 2 aliphatic carbocycles. The fourth-order valence-electron chi connectivity index (χ4n) is 5.07. The predicted octanol–water partition coefficient (Wildman–Crippen LogP) is 5.31. The summed E-state index contributed by atoms with van der Waals surface area (Å²) in [6, 6.07) is 6.62. The number of rotatable bonds is 5. The van der Waals surface area contributed by atoms with Crippen molar-refractivity contribution < 1.29 is 14.3 Å². The lowest BCUT2D eigenvalue weighted by molar-refractivity contribution is 0.0187. The van der Waals surface area contributed by atoms with Gasteiger partial charge in [0.05, 0.1) is 7.11 Å². The van der Waals surface area contributed by atoms with Gasteiger partial charge in [-0.25, -0.2) is 0 Å². The average Bonchev–Trinajstić information content (AvgIpc) is 2.64. The molecule has 0 radical (unpaired) electrons. The highest BCUT2D eigenvalue weighted by molar-refractivity contribution is 6.74. The molecule has 1 saturated carbocycles. The second-order valence-corrected chi connectivity index (χ2v) is 15.0. The van der Waals surface area contributed by atoms with E-state index < -0.39 is 8.32 Å². The lowest BCUT2D eigenvalue weighted by Crippen LogP contribution is -2.53. The quantitative estimate of drug-likeness (QED) is 0.693. The first-order chi connectivity index (χ1) is 12.6. The lowest BCUT2D eigenvalue weighted by Gasteiger charge is -2.53. The summed E-state index contributed by atoms with van der Waals surface area (Å²) in [5.41, 5.74) is 2.92. The van der Waals surface area contributed by atoms with Crippen molar-refractivity contribution in [3.8, 4) is 5.75 Å². The van der Waals surface area contributed by atoms with Gasteiger partial charge in [-0.05, 0) is 78.9 Å². The van der Waals surface area contributed by atoms with E-state index in [2.05, 4.69) is 52.1 Å². The topological polar surface area (TPSA) is 38.7 Å². The van der Waals surface area contributed by atoms with Gasteiger partial charge in [-0.2, -0.15) is 0 Å². The summed E-state index contributed by atoms with van der Waals surface area (Å²) in [6.45, 7) is 12.7. The minimum absolute atomic E-state index is 0.0427. The Morgan fingerprint density at radius 3 is 2.59 bits per heavy atom. The second-order valence-electron chi connectivity index (χ2n) is 10.2. The molecule has 0 aliphatic heterocycles. The summed E-state index contributed by atoms with van der Waals surface area (Å²) in [5, 5.41) is 10.3. The zero-order valence-corrected chi connectivity index (χ0v) is 19.1. The van der Waals surface area contributed by atoms with Gasteiger partial charge in [0.15, 0.2) is 8.32 Å². The Labute approximate surface area is 166 Å². The summed E-state index contributed by atoms with van der Waals surface area (Å²) in [5.74, 6) is 1.86. The molecular formula is C23H38O3Si. The van der Waals surface area contributed by atoms with E-state index in [1.54, 1.807) is 7.11 Å². The SMILES string of the molecule is COc1ccc2c(c1)CC[C@@H]1[C@H](CO)CCC[C@@]21CO[Si](C)(C)C(C)(C)C. The maximum absolute atomic E-state index is 10.1. The van der Waals surface area contributed by atoms with Crippen LogP contribution in [0.5, 0.6) is 5.75 Å². The molecule has 0 aromatic heterocycles. The first-order valence-electron chi connectivity index (χ1n) is 10.6. The largest absolute Gasteiger partial charge is 0.497 e. The third-order valence-corrected chi connectivity index (χ3v) is 12.3. The van der Waals surface area contributed by atoms with Gasteiger partial charge in [-0.1, -0.05) is 33.3 Å². The molecule has 0 amide bonds. The van der Waals surface area contributed by atoms with Crippen LogP contribution >= 0.6 is 0 Å². The van der Waals surface area contributed by atoms with E-state index in [0.29, 0.717) is 18.4 Å². The minimum atomic E-state index is -1.83. The van der Waals surface area contributed by atoms with Gasteiger partial charge in [0.2, 0.25) is 0 Å². The standard InChI is InChI=1S/C23H38O3Si/c1-22(2,3)27(5,6)26-16-23-13-7-8-18(15-24)21(23)11-9-17-14-19(25-4)10-12-20(17)23/h10,12,14,18,21,24H,7-9,11,13,15-16H2,1-6H3/t18-,21+,23+/m0/s1. The van der Waals surface area contributed by atoms with Crippen molar-refractivity contribution in [3.05, 3.63) is 29.3 Å². The highest BCUT2D eigenvalue weighted by Crippen LogP contribution is 2.53. The van der Waals surface area contributed by atoms with Crippen LogP contribution in [0.15, 0.2) is 18.2 Å². The van der Waals surface area contributed by atoms with E-state index >= 15 is 0 Å². The minimum Gasteiger partial charge on any atom is -0.497 e. The fourth-order valence-corrected chi connectivity index (χ4v) is 6.12. The molecule has 4 heteroatoms. The van der Waals surface area contributed by atoms with Crippen molar-refractivity contribution in [1.29, 1.82) is 0 Å². The van der Waals surface area contributed by atoms with Crippen LogP contribution in [-0.2, 0) is 16.3 Å². The highest BCUT2D eigenvalue weighted by atomic mass is 28.4. The van der Waals surface area contributed by atoms with E-state index in [0.717, 1.165) is 31.6 Å². The van der Waals surface area contributed by atoms with E-state index in [1.165, 1.54) is 24.0 Å². The first-order valence-corrected chi connectivity index (χ1v) is 13.5. The molecule has 0 unspecified atom stereocenters. The maximum Gasteiger partial charge on any atom is 0.192 e. The third kappa shape index (κ3) is 3.73. The Morgan fingerprint density at radius 2 is 1.96 bits per heavy atom. The van der Waals surface area contributed by atoms with Crippen molar-refractivity contribution in [2.24, 2.45) is 11.8 Å². The second kappa shape index (κ2) is 7.53. The van der Waals surface area contributed by atoms with Crippen LogP contribution in [0.4, 0.5) is 0 Å². The van der Waals surface area contributed by atoms with Crippen LogP contribution in [0.25, 0.3) is 0 Å². The van der Waals surface area contributed by atoms with Crippen LogP contribution in [-0.4, -0.2) is 33.7 Å². The number of benzene rings is 1. The molecule has 1 aromatic carbocycles. The number of aliphatic hydroxyl groups excluding tert-OH is 1. The molecule has 2 aliphatic rings. The Kier molecular flexibility index (Phi) is 5.82. The number of methoxy groups -OCH3 is 1. The van der Waals surface area contributed by atoms with Gasteiger partial charge in [0, 0.05) is 18.6 Å². The molecular weight excluding hydrogens is 352 g/mol. The molecule has 152 valence electrons. The van der Waals surface area contributed by atoms with Crippen molar-refractivity contribution in [3.63, 3.8) is 0 Å². The normalized spacial score (nSPS) is 28.4. The van der Waals surface area contributed by atoms with Gasteiger partial charge < -0.3 is 14.3 Å². The van der Waals surface area contributed by atoms with E-state index in [4.69, 9.17) is 9.16 Å². The van der Waals surface area contributed by atoms with Crippen molar-refractivity contribution in [2.75, 3.05) is 20.3 Å². The Morgan fingerprint density at radius 1 is 1.22 bits per heavy atom. The molecule has 1 N–H and O–H groups in total. The summed E-state index contributed by atoms with van der Waals surface area (Å²) < 4.78 is 12.3. The van der Waals surface area contributed by atoms with Gasteiger partial charge in [0.1, 0.15) is 5.75 Å². The molecule has 1 fully saturated rings. The van der Waals surface area contributed by atoms with Gasteiger partial charge in [-0.15, -0.1) is 0 Å². The molecule has 0 saturated heterocycles.